The Morgan fingerprint density at radius 1 is 0.475 bits per heavy atom. The fourth-order valence-corrected chi connectivity index (χ4v) is 6.40. The van der Waals surface area contributed by atoms with Crippen LogP contribution >= 0.6 is 0 Å². The number of unbranched alkanes of at least 4 members (excludes halogenated alkanes) is 18. The molecule has 1 aromatic rings. The molecule has 0 fully saturated rings. The fraction of sp³-hybridized carbons (Fsp3) is 0.692. The first-order chi connectivity index (χ1) is 29.2. The number of ether oxygens (including phenoxy) is 5. The Morgan fingerprint density at radius 3 is 1.39 bits per heavy atom. The minimum absolute atomic E-state index is 0.179. The van der Waals surface area contributed by atoms with Crippen LogP contribution in [-0.2, 0) is 39.9 Å². The van der Waals surface area contributed by atoms with Crippen molar-refractivity contribution in [2.45, 2.75) is 193 Å². The zero-order valence-corrected chi connectivity index (χ0v) is 37.8. The minimum atomic E-state index is -0.367. The van der Waals surface area contributed by atoms with E-state index < -0.39 is 0 Å². The van der Waals surface area contributed by atoms with Gasteiger partial charge in [0.2, 0.25) is 0 Å². The Kier molecular flexibility index (Phi) is 40.8. The summed E-state index contributed by atoms with van der Waals surface area (Å²) in [6.45, 7) is 6.90. The van der Waals surface area contributed by atoms with E-state index in [1.807, 2.05) is 30.3 Å². The van der Waals surface area contributed by atoms with E-state index in [9.17, 15) is 9.59 Å². The van der Waals surface area contributed by atoms with Gasteiger partial charge in [0.05, 0.1) is 59.1 Å². The summed E-state index contributed by atoms with van der Waals surface area (Å²) in [5.74, 6) is -0.493. The van der Waals surface area contributed by atoms with Gasteiger partial charge in [-0.3, -0.25) is 9.59 Å². The lowest BCUT2D eigenvalue weighted by Gasteiger charge is -2.18. The van der Waals surface area contributed by atoms with Crippen molar-refractivity contribution in [1.29, 1.82) is 0 Å². The van der Waals surface area contributed by atoms with E-state index in [0.717, 1.165) is 56.9 Å². The highest BCUT2D eigenvalue weighted by molar-refractivity contribution is 5.69. The Labute approximate surface area is 361 Å². The molecule has 0 spiro atoms. The maximum atomic E-state index is 12.4. The average Bonchev–Trinajstić information content (AvgIpc) is 3.24. The number of allylic oxidation sites excluding steroid dienone is 8. The predicted octanol–water partition coefficient (Wildman–Crippen LogP) is 14.1. The SMILES string of the molecule is CCCCC/C=C\C/C=C\CCCCCCCCOC(=O)CCOCC(COCc1ccccc1)OCCC(=O)OCCCCCCCC/C=C\C/C=C\CCCCC. The zero-order chi connectivity index (χ0) is 42.4. The Balaban J connectivity index is 2.10. The van der Waals surface area contributed by atoms with Gasteiger partial charge in [0, 0.05) is 0 Å². The summed E-state index contributed by atoms with van der Waals surface area (Å²) in [5, 5.41) is 0. The third-order valence-corrected chi connectivity index (χ3v) is 10.0. The molecule has 0 amide bonds. The van der Waals surface area contributed by atoms with Gasteiger partial charge in [-0.05, 0) is 82.6 Å². The van der Waals surface area contributed by atoms with Crippen LogP contribution < -0.4 is 0 Å². The van der Waals surface area contributed by atoms with Gasteiger partial charge in [-0.15, -0.1) is 0 Å². The van der Waals surface area contributed by atoms with Crippen molar-refractivity contribution >= 4 is 11.9 Å². The molecule has 0 aliphatic rings. The zero-order valence-electron chi connectivity index (χ0n) is 37.8. The third kappa shape index (κ3) is 40.2. The first kappa shape index (κ1) is 54.0. The van der Waals surface area contributed by atoms with Gasteiger partial charge in [0.15, 0.2) is 0 Å². The molecular weight excluding hydrogens is 737 g/mol. The Bertz CT molecular complexity index is 1170. The summed E-state index contributed by atoms with van der Waals surface area (Å²) in [6, 6.07) is 9.96. The smallest absolute Gasteiger partial charge is 0.308 e. The topological polar surface area (TPSA) is 80.3 Å². The van der Waals surface area contributed by atoms with Crippen molar-refractivity contribution < 1.29 is 33.3 Å². The molecule has 1 atom stereocenters. The predicted molar refractivity (Wildman–Crippen MR) is 247 cm³/mol. The van der Waals surface area contributed by atoms with Crippen molar-refractivity contribution in [3.05, 3.63) is 84.5 Å². The van der Waals surface area contributed by atoms with E-state index in [4.69, 9.17) is 23.7 Å². The summed E-state index contributed by atoms with van der Waals surface area (Å²) in [4.78, 5) is 24.6. The molecule has 0 bridgehead atoms. The van der Waals surface area contributed by atoms with E-state index in [0.29, 0.717) is 26.4 Å². The van der Waals surface area contributed by atoms with Crippen LogP contribution in [0.25, 0.3) is 0 Å². The molecule has 0 saturated heterocycles. The number of rotatable bonds is 43. The van der Waals surface area contributed by atoms with E-state index in [1.165, 1.54) is 103 Å². The maximum absolute atomic E-state index is 12.4. The monoisotopic (exact) mass is 823 g/mol. The molecular formula is C52H86O7. The van der Waals surface area contributed by atoms with Gasteiger partial charge < -0.3 is 23.7 Å². The van der Waals surface area contributed by atoms with Crippen LogP contribution in [0.5, 0.6) is 0 Å². The molecule has 0 aliphatic heterocycles. The second-order valence-electron chi connectivity index (χ2n) is 15.7. The van der Waals surface area contributed by atoms with Crippen LogP contribution in [0.3, 0.4) is 0 Å². The molecule has 0 radical (unpaired) electrons. The second kappa shape index (κ2) is 44.5. The lowest BCUT2D eigenvalue weighted by molar-refractivity contribution is -0.148. The van der Waals surface area contributed by atoms with Gasteiger partial charge in [-0.2, -0.15) is 0 Å². The van der Waals surface area contributed by atoms with Crippen LogP contribution in [0, 0.1) is 0 Å². The second-order valence-corrected chi connectivity index (χ2v) is 15.7. The largest absolute Gasteiger partial charge is 0.466 e. The van der Waals surface area contributed by atoms with Crippen LogP contribution in [0.4, 0.5) is 0 Å². The summed E-state index contributed by atoms with van der Waals surface area (Å²) < 4.78 is 28.6. The van der Waals surface area contributed by atoms with Crippen LogP contribution in [-0.4, -0.2) is 57.7 Å². The lowest BCUT2D eigenvalue weighted by atomic mass is 10.1. The highest BCUT2D eigenvalue weighted by Crippen LogP contribution is 2.11. The summed E-state index contributed by atoms with van der Waals surface area (Å²) >= 11 is 0. The molecule has 59 heavy (non-hydrogen) atoms. The van der Waals surface area contributed by atoms with Crippen LogP contribution in [0.2, 0.25) is 0 Å². The van der Waals surface area contributed by atoms with Crippen molar-refractivity contribution in [3.63, 3.8) is 0 Å². The number of esters is 2. The lowest BCUT2D eigenvalue weighted by Crippen LogP contribution is -2.27. The molecule has 0 heterocycles. The number of benzene rings is 1. The third-order valence-electron chi connectivity index (χ3n) is 10.0. The molecule has 0 aliphatic carbocycles. The number of carbonyl (C=O) groups excluding carboxylic acids is 2. The number of hydrogen-bond acceptors (Lipinski definition) is 7. The molecule has 336 valence electrons. The van der Waals surface area contributed by atoms with Crippen molar-refractivity contribution in [2.75, 3.05) is 39.6 Å². The van der Waals surface area contributed by atoms with Crippen molar-refractivity contribution in [1.82, 2.24) is 0 Å². The summed E-state index contributed by atoms with van der Waals surface area (Å²) in [6.07, 6.45) is 46.7. The fourth-order valence-electron chi connectivity index (χ4n) is 6.40. The summed E-state index contributed by atoms with van der Waals surface area (Å²) in [5.41, 5.74) is 1.07. The molecule has 1 rings (SSSR count). The normalized spacial score (nSPS) is 12.4. The van der Waals surface area contributed by atoms with Crippen molar-refractivity contribution in [2.24, 2.45) is 0 Å². The molecule has 7 heteroatoms. The molecule has 1 unspecified atom stereocenters. The average molecular weight is 823 g/mol. The molecule has 0 aromatic heterocycles. The van der Waals surface area contributed by atoms with E-state index in [1.54, 1.807) is 0 Å². The standard InChI is InChI=1S/C52H86O7/c1-3-5-7-9-11-13-15-17-19-21-23-25-27-29-31-36-42-58-51(53)40-44-55-47-50(48-56-46-49-38-34-33-35-39-49)57-45-41-52(54)59-43-37-32-30-28-26-24-22-20-18-16-14-12-10-8-6-4-2/h11-14,17-20,33-35,38-39,50H,3-10,15-16,21-32,36-37,40-48H2,1-2H3/b13-11-,14-12-,19-17-,20-18-. The number of hydrogen-bond donors (Lipinski definition) is 0. The Morgan fingerprint density at radius 2 is 0.898 bits per heavy atom. The quantitative estimate of drug-likeness (QED) is 0.0369. The van der Waals surface area contributed by atoms with Crippen LogP contribution in [0.15, 0.2) is 78.9 Å². The number of carbonyl (C=O) groups is 2. The van der Waals surface area contributed by atoms with E-state index in [-0.39, 0.29) is 50.7 Å². The van der Waals surface area contributed by atoms with Gasteiger partial charge in [0.1, 0.15) is 6.10 Å². The first-order valence-corrected chi connectivity index (χ1v) is 23.9. The van der Waals surface area contributed by atoms with Gasteiger partial charge in [-0.1, -0.05) is 170 Å². The molecule has 7 nitrogen and oxygen atoms in total. The minimum Gasteiger partial charge on any atom is -0.466 e. The van der Waals surface area contributed by atoms with Gasteiger partial charge in [-0.25, -0.2) is 0 Å². The van der Waals surface area contributed by atoms with Gasteiger partial charge >= 0.3 is 11.9 Å². The maximum Gasteiger partial charge on any atom is 0.308 e. The Hall–Kier alpha value is -3.00. The highest BCUT2D eigenvalue weighted by atomic mass is 16.6. The van der Waals surface area contributed by atoms with E-state index >= 15 is 0 Å². The van der Waals surface area contributed by atoms with Crippen molar-refractivity contribution in [3.8, 4) is 0 Å². The summed E-state index contributed by atoms with van der Waals surface area (Å²) in [7, 11) is 0. The molecule has 0 N–H and O–H groups in total. The van der Waals surface area contributed by atoms with Gasteiger partial charge in [0.25, 0.3) is 0 Å². The molecule has 1 aromatic carbocycles. The first-order valence-electron chi connectivity index (χ1n) is 23.9. The molecule has 0 saturated carbocycles. The van der Waals surface area contributed by atoms with E-state index in [2.05, 4.69) is 62.5 Å². The van der Waals surface area contributed by atoms with Crippen LogP contribution in [0.1, 0.15) is 186 Å². The highest BCUT2D eigenvalue weighted by Gasteiger charge is 2.13.